The zero-order valence-electron chi connectivity index (χ0n) is 12.8. The first-order valence-corrected chi connectivity index (χ1v) is 7.18. The Morgan fingerprint density at radius 3 is 2.16 bits per heavy atom. The molecule has 1 aliphatic rings. The van der Waals surface area contributed by atoms with E-state index in [1.165, 1.54) is 6.42 Å². The maximum atomic E-state index is 12.3. The Kier molecular flexibility index (Phi) is 4.99. The summed E-state index contributed by atoms with van der Waals surface area (Å²) in [6.07, 6.45) is 5.18. The largest absolute Gasteiger partial charge is 0.458 e. The van der Waals surface area contributed by atoms with E-state index in [0.717, 1.165) is 25.7 Å². The summed E-state index contributed by atoms with van der Waals surface area (Å²) in [6, 6.07) is -0.592. The number of hydrogen-bond acceptors (Lipinski definition) is 3. The zero-order valence-corrected chi connectivity index (χ0v) is 12.8. The number of nitrogens with one attached hydrogen (secondary N) is 1. The molecule has 1 aliphatic carbocycles. The average Bonchev–Trinajstić information content (AvgIpc) is 2.27. The average molecular weight is 269 g/mol. The fraction of sp³-hybridized carbons (Fsp3) is 0.867. The quantitative estimate of drug-likeness (QED) is 0.802. The van der Waals surface area contributed by atoms with Gasteiger partial charge in [-0.1, -0.05) is 26.2 Å². The molecule has 0 saturated heterocycles. The van der Waals surface area contributed by atoms with E-state index in [2.05, 4.69) is 5.32 Å². The Hall–Kier alpha value is -1.06. The summed E-state index contributed by atoms with van der Waals surface area (Å²) in [4.78, 5) is 24.1. The SMILES string of the molecule is C[C@@H](NC(=O)C1(C)CCCCC1)C(=O)OC(C)(C)C. The van der Waals surface area contributed by atoms with Gasteiger partial charge in [-0.3, -0.25) is 4.79 Å². The number of carbonyl (C=O) groups is 2. The summed E-state index contributed by atoms with van der Waals surface area (Å²) in [5.74, 6) is -0.397. The lowest BCUT2D eigenvalue weighted by molar-refractivity contribution is -0.158. The van der Waals surface area contributed by atoms with Crippen LogP contribution in [0, 0.1) is 5.41 Å². The predicted octanol–water partition coefficient (Wildman–Crippen LogP) is 2.80. The zero-order chi connectivity index (χ0) is 14.7. The highest BCUT2D eigenvalue weighted by Gasteiger charge is 2.36. The van der Waals surface area contributed by atoms with Gasteiger partial charge in [-0.05, 0) is 40.5 Å². The number of esters is 1. The Morgan fingerprint density at radius 1 is 1.16 bits per heavy atom. The lowest BCUT2D eigenvalue weighted by Gasteiger charge is -2.33. The highest BCUT2D eigenvalue weighted by Crippen LogP contribution is 2.35. The van der Waals surface area contributed by atoms with Crippen molar-refractivity contribution in [2.24, 2.45) is 5.41 Å². The topological polar surface area (TPSA) is 55.4 Å². The summed E-state index contributed by atoms with van der Waals surface area (Å²) in [6.45, 7) is 9.13. The summed E-state index contributed by atoms with van der Waals surface area (Å²) in [5.41, 5.74) is -0.848. The van der Waals surface area contributed by atoms with Gasteiger partial charge < -0.3 is 10.1 Å². The minimum atomic E-state index is -0.592. The van der Waals surface area contributed by atoms with Crippen molar-refractivity contribution in [2.45, 2.75) is 78.4 Å². The second-order valence-corrected chi connectivity index (χ2v) is 6.85. The molecule has 0 aromatic heterocycles. The highest BCUT2D eigenvalue weighted by atomic mass is 16.6. The Morgan fingerprint density at radius 2 is 1.68 bits per heavy atom. The van der Waals surface area contributed by atoms with Crippen LogP contribution in [0.4, 0.5) is 0 Å². The van der Waals surface area contributed by atoms with Crippen LogP contribution in [-0.4, -0.2) is 23.5 Å². The maximum Gasteiger partial charge on any atom is 0.328 e. The van der Waals surface area contributed by atoms with E-state index in [0.29, 0.717) is 0 Å². The number of amides is 1. The molecule has 110 valence electrons. The third-order valence-electron chi connectivity index (χ3n) is 3.61. The molecule has 4 heteroatoms. The molecular weight excluding hydrogens is 242 g/mol. The van der Waals surface area contributed by atoms with E-state index in [1.54, 1.807) is 6.92 Å². The van der Waals surface area contributed by atoms with E-state index in [4.69, 9.17) is 4.74 Å². The fourth-order valence-electron chi connectivity index (χ4n) is 2.38. The van der Waals surface area contributed by atoms with Gasteiger partial charge in [0.15, 0.2) is 0 Å². The van der Waals surface area contributed by atoms with Crippen LogP contribution in [0.3, 0.4) is 0 Å². The molecule has 0 spiro atoms. The summed E-state index contributed by atoms with van der Waals surface area (Å²) in [5, 5.41) is 2.80. The molecule has 0 aromatic rings. The van der Waals surface area contributed by atoms with Gasteiger partial charge >= 0.3 is 5.97 Å². The molecule has 1 saturated carbocycles. The molecule has 0 aromatic carbocycles. The molecule has 0 bridgehead atoms. The fourth-order valence-corrected chi connectivity index (χ4v) is 2.38. The maximum absolute atomic E-state index is 12.3. The van der Waals surface area contributed by atoms with Crippen molar-refractivity contribution in [2.75, 3.05) is 0 Å². The van der Waals surface area contributed by atoms with Gasteiger partial charge in [0.1, 0.15) is 11.6 Å². The van der Waals surface area contributed by atoms with Crippen molar-refractivity contribution >= 4 is 11.9 Å². The first-order chi connectivity index (χ1) is 8.64. The Balaban J connectivity index is 2.54. The Bertz CT molecular complexity index is 338. The van der Waals surface area contributed by atoms with Crippen LogP contribution in [0.1, 0.15) is 66.7 Å². The van der Waals surface area contributed by atoms with Crippen molar-refractivity contribution in [1.29, 1.82) is 0 Å². The van der Waals surface area contributed by atoms with Crippen molar-refractivity contribution in [1.82, 2.24) is 5.32 Å². The summed E-state index contributed by atoms with van der Waals surface area (Å²) in [7, 11) is 0. The third-order valence-corrected chi connectivity index (χ3v) is 3.61. The van der Waals surface area contributed by atoms with Crippen molar-refractivity contribution in [3.8, 4) is 0 Å². The minimum Gasteiger partial charge on any atom is -0.458 e. The molecule has 1 amide bonds. The molecule has 0 aliphatic heterocycles. The van der Waals surface area contributed by atoms with Crippen molar-refractivity contribution < 1.29 is 14.3 Å². The Labute approximate surface area is 116 Å². The summed E-state index contributed by atoms with van der Waals surface area (Å²) < 4.78 is 5.27. The standard InChI is InChI=1S/C15H27NO3/c1-11(12(17)19-14(2,3)4)16-13(18)15(5)9-7-6-8-10-15/h11H,6-10H2,1-5H3,(H,16,18)/t11-/m1/s1. The molecule has 0 radical (unpaired) electrons. The van der Waals surface area contributed by atoms with Gasteiger partial charge in [-0.15, -0.1) is 0 Å². The van der Waals surface area contributed by atoms with Crippen molar-refractivity contribution in [3.05, 3.63) is 0 Å². The minimum absolute atomic E-state index is 0.0226. The van der Waals surface area contributed by atoms with Crippen LogP contribution in [0.25, 0.3) is 0 Å². The van der Waals surface area contributed by atoms with Gasteiger partial charge in [-0.2, -0.15) is 0 Å². The van der Waals surface area contributed by atoms with E-state index < -0.39 is 11.6 Å². The van der Waals surface area contributed by atoms with E-state index in [9.17, 15) is 9.59 Å². The molecule has 0 unspecified atom stereocenters. The monoisotopic (exact) mass is 269 g/mol. The number of ether oxygens (including phenoxy) is 1. The highest BCUT2D eigenvalue weighted by molar-refractivity contribution is 5.87. The molecule has 1 rings (SSSR count). The molecule has 19 heavy (non-hydrogen) atoms. The first-order valence-electron chi connectivity index (χ1n) is 7.18. The van der Waals surface area contributed by atoms with Crippen LogP contribution in [-0.2, 0) is 14.3 Å². The van der Waals surface area contributed by atoms with E-state index >= 15 is 0 Å². The molecular formula is C15H27NO3. The normalized spacial score (nSPS) is 20.5. The molecule has 1 N–H and O–H groups in total. The van der Waals surface area contributed by atoms with E-state index in [1.807, 2.05) is 27.7 Å². The van der Waals surface area contributed by atoms with Crippen LogP contribution < -0.4 is 5.32 Å². The van der Waals surface area contributed by atoms with Gasteiger partial charge in [0.25, 0.3) is 0 Å². The number of rotatable bonds is 3. The van der Waals surface area contributed by atoms with E-state index in [-0.39, 0.29) is 17.3 Å². The molecule has 4 nitrogen and oxygen atoms in total. The van der Waals surface area contributed by atoms with Gasteiger partial charge in [-0.25, -0.2) is 4.79 Å². The number of carbonyl (C=O) groups excluding carboxylic acids is 2. The lowest BCUT2D eigenvalue weighted by Crippen LogP contribution is -2.48. The third kappa shape index (κ3) is 4.84. The smallest absolute Gasteiger partial charge is 0.328 e. The van der Waals surface area contributed by atoms with Gasteiger partial charge in [0, 0.05) is 5.41 Å². The first kappa shape index (κ1) is 16.0. The molecule has 1 fully saturated rings. The van der Waals surface area contributed by atoms with Crippen molar-refractivity contribution in [3.63, 3.8) is 0 Å². The van der Waals surface area contributed by atoms with Gasteiger partial charge in [0.05, 0.1) is 0 Å². The van der Waals surface area contributed by atoms with Crippen LogP contribution >= 0.6 is 0 Å². The molecule has 1 atom stereocenters. The summed E-state index contributed by atoms with van der Waals surface area (Å²) >= 11 is 0. The predicted molar refractivity (Wildman–Crippen MR) is 74.6 cm³/mol. The van der Waals surface area contributed by atoms with Gasteiger partial charge in [0.2, 0.25) is 5.91 Å². The molecule has 0 heterocycles. The number of hydrogen-bond donors (Lipinski definition) is 1. The second kappa shape index (κ2) is 5.93. The van der Waals surface area contributed by atoms with Crippen LogP contribution in [0.5, 0.6) is 0 Å². The second-order valence-electron chi connectivity index (χ2n) is 6.85. The lowest BCUT2D eigenvalue weighted by atomic mass is 9.75. The van der Waals surface area contributed by atoms with Crippen LogP contribution in [0.2, 0.25) is 0 Å². The van der Waals surface area contributed by atoms with Crippen LogP contribution in [0.15, 0.2) is 0 Å².